The van der Waals surface area contributed by atoms with E-state index in [1.807, 2.05) is 0 Å². The fourth-order valence-corrected chi connectivity index (χ4v) is 1.36. The highest BCUT2D eigenvalue weighted by Gasteiger charge is 2.09. The molecular weight excluding hydrogens is 210 g/mol. The summed E-state index contributed by atoms with van der Waals surface area (Å²) in [7, 11) is 0. The van der Waals surface area contributed by atoms with Crippen molar-refractivity contribution in [2.24, 2.45) is 5.73 Å². The smallest absolute Gasteiger partial charge is 0.271 e. The molecule has 0 saturated carbocycles. The first-order valence-corrected chi connectivity index (χ1v) is 4.56. The van der Waals surface area contributed by atoms with Crippen molar-refractivity contribution in [3.63, 3.8) is 0 Å². The molecule has 0 bridgehead atoms. The monoisotopic (exact) mass is 219 g/mol. The average molecular weight is 219 g/mol. The van der Waals surface area contributed by atoms with Crippen LogP contribution in [0.1, 0.15) is 5.82 Å². The molecule has 2 rings (SSSR count). The van der Waals surface area contributed by atoms with Crippen LogP contribution < -0.4 is 5.73 Å². The summed E-state index contributed by atoms with van der Waals surface area (Å²) in [6.45, 7) is 0.225. The zero-order chi connectivity index (χ0) is 11.5. The lowest BCUT2D eigenvalue weighted by Crippen LogP contribution is -2.08. The van der Waals surface area contributed by atoms with Gasteiger partial charge in [0.25, 0.3) is 5.69 Å². The first-order valence-electron chi connectivity index (χ1n) is 4.56. The van der Waals surface area contributed by atoms with E-state index in [0.29, 0.717) is 11.5 Å². The zero-order valence-corrected chi connectivity index (χ0v) is 8.28. The van der Waals surface area contributed by atoms with Gasteiger partial charge in [0.15, 0.2) is 0 Å². The Morgan fingerprint density at radius 2 is 2.31 bits per heavy atom. The van der Waals surface area contributed by atoms with Gasteiger partial charge >= 0.3 is 0 Å². The Morgan fingerprint density at radius 1 is 1.50 bits per heavy atom. The van der Waals surface area contributed by atoms with E-state index in [0.717, 1.165) is 0 Å². The lowest BCUT2D eigenvalue weighted by atomic mass is 10.3. The standard InChI is InChI=1S/C9H9N5O2/c10-5-9-11-6-12-13(9)7-2-1-3-8(4-7)14(15)16/h1-4,6H,5,10H2. The molecule has 0 aliphatic heterocycles. The molecule has 16 heavy (non-hydrogen) atoms. The third-order valence-electron chi connectivity index (χ3n) is 2.09. The quantitative estimate of drug-likeness (QED) is 0.602. The number of nitrogens with two attached hydrogens (primary N) is 1. The van der Waals surface area contributed by atoms with Crippen molar-refractivity contribution in [2.45, 2.75) is 6.54 Å². The number of benzene rings is 1. The molecule has 0 fully saturated rings. The minimum absolute atomic E-state index is 0.0102. The molecule has 7 nitrogen and oxygen atoms in total. The summed E-state index contributed by atoms with van der Waals surface area (Å²) in [5.41, 5.74) is 6.06. The van der Waals surface area contributed by atoms with E-state index in [4.69, 9.17) is 5.73 Å². The number of nitrogens with zero attached hydrogens (tertiary/aromatic N) is 4. The summed E-state index contributed by atoms with van der Waals surface area (Å²) in [4.78, 5) is 14.1. The van der Waals surface area contributed by atoms with Crippen molar-refractivity contribution >= 4 is 5.69 Å². The Labute approximate surface area is 90.7 Å². The van der Waals surface area contributed by atoms with Gasteiger partial charge in [0, 0.05) is 12.1 Å². The average Bonchev–Trinajstić information content (AvgIpc) is 2.77. The van der Waals surface area contributed by atoms with Gasteiger partial charge in [0.05, 0.1) is 17.2 Å². The van der Waals surface area contributed by atoms with Gasteiger partial charge in [-0.25, -0.2) is 9.67 Å². The molecule has 82 valence electrons. The van der Waals surface area contributed by atoms with Crippen molar-refractivity contribution in [3.8, 4) is 5.69 Å². The lowest BCUT2D eigenvalue weighted by Gasteiger charge is -2.03. The van der Waals surface area contributed by atoms with Crippen molar-refractivity contribution in [1.29, 1.82) is 0 Å². The minimum Gasteiger partial charge on any atom is -0.324 e. The summed E-state index contributed by atoms with van der Waals surface area (Å²) in [5.74, 6) is 0.556. The van der Waals surface area contributed by atoms with Gasteiger partial charge in [0.1, 0.15) is 12.2 Å². The molecule has 0 spiro atoms. The van der Waals surface area contributed by atoms with Crippen LogP contribution in [0, 0.1) is 10.1 Å². The first kappa shape index (κ1) is 10.2. The highest BCUT2D eigenvalue weighted by molar-refractivity contribution is 5.42. The Balaban J connectivity index is 2.48. The number of aromatic nitrogens is 3. The van der Waals surface area contributed by atoms with Gasteiger partial charge < -0.3 is 5.73 Å². The fourth-order valence-electron chi connectivity index (χ4n) is 1.36. The third-order valence-corrected chi connectivity index (χ3v) is 2.09. The highest BCUT2D eigenvalue weighted by atomic mass is 16.6. The topological polar surface area (TPSA) is 99.9 Å². The second kappa shape index (κ2) is 4.07. The van der Waals surface area contributed by atoms with Crippen molar-refractivity contribution in [1.82, 2.24) is 14.8 Å². The number of rotatable bonds is 3. The van der Waals surface area contributed by atoms with Crippen molar-refractivity contribution in [3.05, 3.63) is 46.5 Å². The van der Waals surface area contributed by atoms with E-state index >= 15 is 0 Å². The van der Waals surface area contributed by atoms with E-state index in [-0.39, 0.29) is 12.2 Å². The molecule has 0 saturated heterocycles. The largest absolute Gasteiger partial charge is 0.324 e. The van der Waals surface area contributed by atoms with Crippen LogP contribution in [0.3, 0.4) is 0 Å². The maximum atomic E-state index is 10.6. The number of non-ortho nitro benzene ring substituents is 1. The number of hydrogen-bond donors (Lipinski definition) is 1. The van der Waals surface area contributed by atoms with Crippen LogP contribution in [0.4, 0.5) is 5.69 Å². The summed E-state index contributed by atoms with van der Waals surface area (Å²) < 4.78 is 1.48. The van der Waals surface area contributed by atoms with Gasteiger partial charge in [-0.3, -0.25) is 10.1 Å². The Hall–Kier alpha value is -2.28. The first-order chi connectivity index (χ1) is 7.72. The predicted molar refractivity (Wildman–Crippen MR) is 55.9 cm³/mol. The van der Waals surface area contributed by atoms with E-state index in [1.54, 1.807) is 12.1 Å². The number of hydrogen-bond acceptors (Lipinski definition) is 5. The van der Waals surface area contributed by atoms with Gasteiger partial charge in [-0.15, -0.1) is 0 Å². The molecule has 0 atom stereocenters. The van der Waals surface area contributed by atoms with Gasteiger partial charge in [-0.05, 0) is 6.07 Å². The SMILES string of the molecule is NCc1ncnn1-c1cccc([N+](=O)[O-])c1. The predicted octanol–water partition coefficient (Wildman–Crippen LogP) is 0.634. The molecule has 0 amide bonds. The van der Waals surface area contributed by atoms with E-state index in [9.17, 15) is 10.1 Å². The minimum atomic E-state index is -0.456. The molecule has 2 N–H and O–H groups in total. The Bertz CT molecular complexity index is 522. The molecule has 0 aliphatic rings. The van der Waals surface area contributed by atoms with E-state index < -0.39 is 4.92 Å². The summed E-state index contributed by atoms with van der Waals surface area (Å²) in [5, 5.41) is 14.6. The van der Waals surface area contributed by atoms with Gasteiger partial charge in [0.2, 0.25) is 0 Å². The molecule has 1 heterocycles. The Kier molecular flexibility index (Phi) is 2.61. The maximum absolute atomic E-state index is 10.6. The van der Waals surface area contributed by atoms with E-state index in [2.05, 4.69) is 10.1 Å². The van der Waals surface area contributed by atoms with Crippen LogP contribution in [0.2, 0.25) is 0 Å². The molecular formula is C9H9N5O2. The second-order valence-electron chi connectivity index (χ2n) is 3.07. The van der Waals surface area contributed by atoms with Gasteiger partial charge in [-0.2, -0.15) is 5.10 Å². The van der Waals surface area contributed by atoms with Crippen molar-refractivity contribution < 1.29 is 4.92 Å². The second-order valence-corrected chi connectivity index (χ2v) is 3.07. The maximum Gasteiger partial charge on any atom is 0.271 e. The number of nitro groups is 1. The van der Waals surface area contributed by atoms with Crippen molar-refractivity contribution in [2.75, 3.05) is 0 Å². The lowest BCUT2D eigenvalue weighted by molar-refractivity contribution is -0.384. The number of nitro benzene ring substituents is 1. The van der Waals surface area contributed by atoms with Crippen LogP contribution >= 0.6 is 0 Å². The molecule has 1 aromatic heterocycles. The van der Waals surface area contributed by atoms with E-state index in [1.165, 1.54) is 23.1 Å². The zero-order valence-electron chi connectivity index (χ0n) is 8.28. The van der Waals surface area contributed by atoms with Crippen LogP contribution in [-0.2, 0) is 6.54 Å². The van der Waals surface area contributed by atoms with Gasteiger partial charge in [-0.1, -0.05) is 6.07 Å². The normalized spacial score (nSPS) is 10.3. The molecule has 7 heteroatoms. The third kappa shape index (κ3) is 1.75. The summed E-state index contributed by atoms with van der Waals surface area (Å²) in [6.07, 6.45) is 1.36. The van der Waals surface area contributed by atoms with Crippen LogP contribution in [0.5, 0.6) is 0 Å². The van der Waals surface area contributed by atoms with Crippen LogP contribution in [0.25, 0.3) is 5.69 Å². The molecule has 0 unspecified atom stereocenters. The highest BCUT2D eigenvalue weighted by Crippen LogP contribution is 2.16. The van der Waals surface area contributed by atoms with Crippen LogP contribution in [0.15, 0.2) is 30.6 Å². The molecule has 2 aromatic rings. The fraction of sp³-hybridized carbons (Fsp3) is 0.111. The summed E-state index contributed by atoms with van der Waals surface area (Å²) in [6, 6.07) is 6.15. The molecule has 0 aliphatic carbocycles. The van der Waals surface area contributed by atoms with Crippen LogP contribution in [-0.4, -0.2) is 19.7 Å². The summed E-state index contributed by atoms with van der Waals surface area (Å²) >= 11 is 0. The molecule has 0 radical (unpaired) electrons. The Morgan fingerprint density at radius 3 is 3.00 bits per heavy atom. The molecule has 1 aromatic carbocycles.